The highest BCUT2D eigenvalue weighted by molar-refractivity contribution is 4.89. The Hall–Kier alpha value is -0.700. The van der Waals surface area contributed by atoms with E-state index in [0.29, 0.717) is 0 Å². The number of hydrogen-bond donors (Lipinski definition) is 2. The van der Waals surface area contributed by atoms with Crippen LogP contribution in [0.25, 0.3) is 0 Å². The zero-order valence-electron chi connectivity index (χ0n) is 4.96. The van der Waals surface area contributed by atoms with Gasteiger partial charge in [-0.3, -0.25) is 0 Å². The first-order valence-corrected chi connectivity index (χ1v) is 2.28. The van der Waals surface area contributed by atoms with Gasteiger partial charge in [-0.15, -0.1) is 0 Å². The second-order valence-electron chi connectivity index (χ2n) is 1.45. The Kier molecular flexibility index (Phi) is 3.03. The highest BCUT2D eigenvalue weighted by Gasteiger charge is 1.98. The third-order valence-electron chi connectivity index (χ3n) is 0.667. The summed E-state index contributed by atoms with van der Waals surface area (Å²) in [5, 5.41) is 17.2. The standard InChI is InChI=1S/C5H10O3/c1-4(6)5(7)3-8-2/h3-4,6-7H,1-2H3/b5-3-. The van der Waals surface area contributed by atoms with Crippen LogP contribution in [0, 0.1) is 0 Å². The topological polar surface area (TPSA) is 49.7 Å². The monoisotopic (exact) mass is 118 g/mol. The fourth-order valence-electron chi connectivity index (χ4n) is 0.219. The Labute approximate surface area is 48.2 Å². The van der Waals surface area contributed by atoms with Crippen molar-refractivity contribution in [3.63, 3.8) is 0 Å². The van der Waals surface area contributed by atoms with E-state index in [1.54, 1.807) is 0 Å². The molecule has 3 heteroatoms. The number of aliphatic hydroxyl groups excluding tert-OH is 2. The average molecular weight is 118 g/mol. The Bertz CT molecular complexity index is 85.7. The first kappa shape index (κ1) is 7.30. The molecule has 0 aromatic rings. The summed E-state index contributed by atoms with van der Waals surface area (Å²) in [4.78, 5) is 0. The minimum atomic E-state index is -0.838. The molecule has 2 N–H and O–H groups in total. The van der Waals surface area contributed by atoms with Crippen molar-refractivity contribution in [2.45, 2.75) is 13.0 Å². The Morgan fingerprint density at radius 2 is 2.25 bits per heavy atom. The van der Waals surface area contributed by atoms with Gasteiger partial charge in [-0.2, -0.15) is 0 Å². The molecule has 1 unspecified atom stereocenters. The molecule has 8 heavy (non-hydrogen) atoms. The largest absolute Gasteiger partial charge is 0.507 e. The van der Waals surface area contributed by atoms with E-state index in [1.807, 2.05) is 0 Å². The third-order valence-corrected chi connectivity index (χ3v) is 0.667. The maximum Gasteiger partial charge on any atom is 0.155 e. The van der Waals surface area contributed by atoms with Crippen molar-refractivity contribution >= 4 is 0 Å². The van der Waals surface area contributed by atoms with Crippen LogP contribution in [-0.4, -0.2) is 23.4 Å². The molecule has 0 amide bonds. The van der Waals surface area contributed by atoms with Crippen molar-refractivity contribution < 1.29 is 14.9 Å². The molecule has 0 aromatic carbocycles. The Morgan fingerprint density at radius 3 is 2.38 bits per heavy atom. The van der Waals surface area contributed by atoms with E-state index >= 15 is 0 Å². The molecule has 0 rings (SSSR count). The molecule has 0 aliphatic heterocycles. The molecule has 0 saturated heterocycles. The quantitative estimate of drug-likeness (QED) is 0.516. The zero-order valence-corrected chi connectivity index (χ0v) is 4.96. The summed E-state index contributed by atoms with van der Waals surface area (Å²) in [5.74, 6) is -0.160. The smallest absolute Gasteiger partial charge is 0.155 e. The third kappa shape index (κ3) is 2.47. The van der Waals surface area contributed by atoms with Crippen LogP contribution in [0.4, 0.5) is 0 Å². The molecule has 3 nitrogen and oxygen atoms in total. The molecule has 0 aromatic heterocycles. The molecule has 0 heterocycles. The molecule has 48 valence electrons. The van der Waals surface area contributed by atoms with E-state index in [1.165, 1.54) is 14.0 Å². The van der Waals surface area contributed by atoms with Crippen molar-refractivity contribution in [3.8, 4) is 0 Å². The Balaban J connectivity index is 3.61. The molecule has 0 fully saturated rings. The van der Waals surface area contributed by atoms with Gasteiger partial charge in [-0.05, 0) is 6.92 Å². The normalized spacial score (nSPS) is 15.6. The number of rotatable bonds is 2. The van der Waals surface area contributed by atoms with Gasteiger partial charge in [0.25, 0.3) is 0 Å². The van der Waals surface area contributed by atoms with Gasteiger partial charge in [-0.1, -0.05) is 0 Å². The van der Waals surface area contributed by atoms with E-state index in [2.05, 4.69) is 4.74 Å². The predicted molar refractivity (Wildman–Crippen MR) is 29.4 cm³/mol. The number of hydrogen-bond acceptors (Lipinski definition) is 3. The Morgan fingerprint density at radius 1 is 1.75 bits per heavy atom. The van der Waals surface area contributed by atoms with Crippen molar-refractivity contribution in [2.24, 2.45) is 0 Å². The van der Waals surface area contributed by atoms with E-state index in [4.69, 9.17) is 10.2 Å². The van der Waals surface area contributed by atoms with Gasteiger partial charge >= 0.3 is 0 Å². The van der Waals surface area contributed by atoms with Crippen LogP contribution in [0.3, 0.4) is 0 Å². The van der Waals surface area contributed by atoms with E-state index in [9.17, 15) is 0 Å². The molecule has 0 aliphatic carbocycles. The predicted octanol–water partition coefficient (Wildman–Crippen LogP) is 0.413. The SMILES string of the molecule is CO/C=C(\O)C(C)O. The van der Waals surface area contributed by atoms with Crippen molar-refractivity contribution in [2.75, 3.05) is 7.11 Å². The van der Waals surface area contributed by atoms with E-state index in [-0.39, 0.29) is 5.76 Å². The second kappa shape index (κ2) is 3.32. The lowest BCUT2D eigenvalue weighted by Gasteiger charge is -1.99. The van der Waals surface area contributed by atoms with E-state index in [0.717, 1.165) is 6.26 Å². The molecule has 0 saturated carbocycles. The average Bonchev–Trinajstić information content (AvgIpc) is 1.67. The molecule has 1 atom stereocenters. The minimum Gasteiger partial charge on any atom is -0.507 e. The highest BCUT2D eigenvalue weighted by atomic mass is 16.5. The van der Waals surface area contributed by atoms with Crippen LogP contribution in [0.1, 0.15) is 6.92 Å². The van der Waals surface area contributed by atoms with Gasteiger partial charge in [0.2, 0.25) is 0 Å². The van der Waals surface area contributed by atoms with E-state index < -0.39 is 6.10 Å². The summed E-state index contributed by atoms with van der Waals surface area (Å²) in [6, 6.07) is 0. The van der Waals surface area contributed by atoms with Crippen molar-refractivity contribution in [1.82, 2.24) is 0 Å². The van der Waals surface area contributed by atoms with Gasteiger partial charge in [0.15, 0.2) is 5.76 Å². The van der Waals surface area contributed by atoms with Gasteiger partial charge in [-0.25, -0.2) is 0 Å². The molecular weight excluding hydrogens is 108 g/mol. The summed E-state index contributed by atoms with van der Waals surface area (Å²) in [7, 11) is 1.40. The lowest BCUT2D eigenvalue weighted by molar-refractivity contribution is 0.156. The zero-order chi connectivity index (χ0) is 6.57. The summed E-state index contributed by atoms with van der Waals surface area (Å²) in [5.41, 5.74) is 0. The first-order chi connectivity index (χ1) is 3.68. The molecule has 0 radical (unpaired) electrons. The maximum atomic E-state index is 8.61. The summed E-state index contributed by atoms with van der Waals surface area (Å²) in [6.07, 6.45) is 0.250. The first-order valence-electron chi connectivity index (χ1n) is 2.28. The fourth-order valence-corrected chi connectivity index (χ4v) is 0.219. The molecule has 0 aliphatic rings. The minimum absolute atomic E-state index is 0.160. The number of aliphatic hydroxyl groups is 2. The lowest BCUT2D eigenvalue weighted by atomic mass is 10.4. The van der Waals surface area contributed by atoms with Crippen LogP contribution >= 0.6 is 0 Å². The van der Waals surface area contributed by atoms with Gasteiger partial charge in [0, 0.05) is 0 Å². The molecule has 0 spiro atoms. The summed E-state index contributed by atoms with van der Waals surface area (Å²) in [6.45, 7) is 1.45. The van der Waals surface area contributed by atoms with Crippen LogP contribution in [-0.2, 0) is 4.74 Å². The highest BCUT2D eigenvalue weighted by Crippen LogP contribution is 1.94. The van der Waals surface area contributed by atoms with Crippen molar-refractivity contribution in [1.29, 1.82) is 0 Å². The van der Waals surface area contributed by atoms with Gasteiger partial charge in [0.1, 0.15) is 12.4 Å². The summed E-state index contributed by atoms with van der Waals surface area (Å²) < 4.78 is 4.39. The maximum absolute atomic E-state index is 8.61. The van der Waals surface area contributed by atoms with Crippen LogP contribution in [0.15, 0.2) is 12.0 Å². The molecule has 0 bridgehead atoms. The van der Waals surface area contributed by atoms with Crippen LogP contribution in [0.2, 0.25) is 0 Å². The fraction of sp³-hybridized carbons (Fsp3) is 0.600. The van der Waals surface area contributed by atoms with Crippen molar-refractivity contribution in [3.05, 3.63) is 12.0 Å². The lowest BCUT2D eigenvalue weighted by Crippen LogP contribution is -2.03. The van der Waals surface area contributed by atoms with Crippen LogP contribution in [0.5, 0.6) is 0 Å². The second-order valence-corrected chi connectivity index (χ2v) is 1.45. The molecular formula is C5H10O3. The number of ether oxygens (including phenoxy) is 1. The summed E-state index contributed by atoms with van der Waals surface area (Å²) >= 11 is 0. The van der Waals surface area contributed by atoms with Gasteiger partial charge in [0.05, 0.1) is 7.11 Å². The van der Waals surface area contributed by atoms with Gasteiger partial charge < -0.3 is 14.9 Å². The number of methoxy groups -OCH3 is 1. The van der Waals surface area contributed by atoms with Crippen LogP contribution < -0.4 is 0 Å².